The molecule has 2 N–H and O–H groups in total. The number of nitrogen functional groups attached to an aromatic ring is 1. The van der Waals surface area contributed by atoms with Crippen LogP contribution in [0.5, 0.6) is 0 Å². The summed E-state index contributed by atoms with van der Waals surface area (Å²) in [5, 5.41) is 0.902. The third kappa shape index (κ3) is 2.43. The van der Waals surface area contributed by atoms with Crippen LogP contribution in [0.3, 0.4) is 0 Å². The standard InChI is InChI=1S/C15H14BrN5O/c1-20(2)14(22)11-4-3-10(7-12(11)16)21-6-5-9-8-18-15(17)19-13(9)21/h3-8H,1-2H3,(H2,17,18,19). The zero-order valence-electron chi connectivity index (χ0n) is 12.1. The van der Waals surface area contributed by atoms with Gasteiger partial charge in [0.05, 0.1) is 5.56 Å². The number of carbonyl (C=O) groups is 1. The van der Waals surface area contributed by atoms with Crippen molar-refractivity contribution < 1.29 is 4.79 Å². The first-order valence-electron chi connectivity index (χ1n) is 6.58. The fourth-order valence-corrected chi connectivity index (χ4v) is 2.74. The van der Waals surface area contributed by atoms with Crippen LogP contribution in [-0.4, -0.2) is 39.4 Å². The molecule has 0 aliphatic heterocycles. The molecule has 0 spiro atoms. The van der Waals surface area contributed by atoms with Crippen molar-refractivity contribution in [3.05, 3.63) is 46.7 Å². The second-order valence-electron chi connectivity index (χ2n) is 5.06. The van der Waals surface area contributed by atoms with Gasteiger partial charge in [0.25, 0.3) is 5.91 Å². The number of aromatic nitrogens is 3. The molecule has 22 heavy (non-hydrogen) atoms. The van der Waals surface area contributed by atoms with E-state index in [0.717, 1.165) is 21.2 Å². The largest absolute Gasteiger partial charge is 0.368 e. The van der Waals surface area contributed by atoms with Crippen LogP contribution in [-0.2, 0) is 0 Å². The molecular weight excluding hydrogens is 346 g/mol. The monoisotopic (exact) mass is 359 g/mol. The molecular formula is C15H14BrN5O. The lowest BCUT2D eigenvalue weighted by molar-refractivity contribution is 0.0827. The lowest BCUT2D eigenvalue weighted by Gasteiger charge is -2.13. The molecule has 2 heterocycles. The number of carbonyl (C=O) groups excluding carboxylic acids is 1. The summed E-state index contributed by atoms with van der Waals surface area (Å²) in [5.41, 5.74) is 7.88. The van der Waals surface area contributed by atoms with Crippen LogP contribution < -0.4 is 5.73 Å². The predicted octanol–water partition coefficient (Wildman–Crippen LogP) is 2.47. The quantitative estimate of drug-likeness (QED) is 0.762. The molecule has 0 bridgehead atoms. The van der Waals surface area contributed by atoms with E-state index in [2.05, 4.69) is 25.9 Å². The van der Waals surface area contributed by atoms with E-state index >= 15 is 0 Å². The Morgan fingerprint density at radius 2 is 2.09 bits per heavy atom. The topological polar surface area (TPSA) is 77.0 Å². The average Bonchev–Trinajstić information content (AvgIpc) is 2.89. The molecule has 2 aromatic heterocycles. The minimum atomic E-state index is -0.0534. The average molecular weight is 360 g/mol. The molecule has 7 heteroatoms. The van der Waals surface area contributed by atoms with E-state index < -0.39 is 0 Å². The van der Waals surface area contributed by atoms with Gasteiger partial charge in [-0.2, -0.15) is 4.98 Å². The molecule has 0 fully saturated rings. The fourth-order valence-electron chi connectivity index (χ4n) is 2.21. The zero-order valence-corrected chi connectivity index (χ0v) is 13.7. The lowest BCUT2D eigenvalue weighted by atomic mass is 10.2. The molecule has 0 aliphatic rings. The summed E-state index contributed by atoms with van der Waals surface area (Å²) in [4.78, 5) is 21.9. The number of fused-ring (bicyclic) bond motifs is 1. The molecule has 0 saturated carbocycles. The summed E-state index contributed by atoms with van der Waals surface area (Å²) >= 11 is 3.46. The Morgan fingerprint density at radius 1 is 1.32 bits per heavy atom. The van der Waals surface area contributed by atoms with Gasteiger partial charge in [-0.05, 0) is 40.2 Å². The van der Waals surface area contributed by atoms with Crippen molar-refractivity contribution >= 4 is 38.8 Å². The highest BCUT2D eigenvalue weighted by atomic mass is 79.9. The molecule has 3 aromatic rings. The third-order valence-corrected chi connectivity index (χ3v) is 3.97. The van der Waals surface area contributed by atoms with Gasteiger partial charge in [-0.1, -0.05) is 0 Å². The first-order chi connectivity index (χ1) is 10.5. The highest BCUT2D eigenvalue weighted by molar-refractivity contribution is 9.10. The van der Waals surface area contributed by atoms with Gasteiger partial charge in [-0.15, -0.1) is 0 Å². The molecule has 0 unspecified atom stereocenters. The number of benzene rings is 1. The molecule has 0 atom stereocenters. The first-order valence-corrected chi connectivity index (χ1v) is 7.38. The van der Waals surface area contributed by atoms with Crippen molar-refractivity contribution in [2.45, 2.75) is 0 Å². The highest BCUT2D eigenvalue weighted by Gasteiger charge is 2.14. The zero-order chi connectivity index (χ0) is 15.9. The number of rotatable bonds is 2. The van der Waals surface area contributed by atoms with Crippen molar-refractivity contribution in [1.29, 1.82) is 0 Å². The third-order valence-electron chi connectivity index (χ3n) is 3.31. The summed E-state index contributed by atoms with van der Waals surface area (Å²) in [6.07, 6.45) is 3.58. The summed E-state index contributed by atoms with van der Waals surface area (Å²) in [7, 11) is 3.45. The minimum Gasteiger partial charge on any atom is -0.368 e. The van der Waals surface area contributed by atoms with Crippen molar-refractivity contribution in [1.82, 2.24) is 19.4 Å². The number of hydrogen-bond donors (Lipinski definition) is 1. The number of anilines is 1. The van der Waals surface area contributed by atoms with Gasteiger partial charge in [0.1, 0.15) is 5.65 Å². The number of halogens is 1. The van der Waals surface area contributed by atoms with Crippen molar-refractivity contribution in [2.24, 2.45) is 0 Å². The van der Waals surface area contributed by atoms with E-state index in [1.807, 2.05) is 29.0 Å². The molecule has 112 valence electrons. The Bertz CT molecular complexity index is 871. The van der Waals surface area contributed by atoms with Gasteiger partial charge < -0.3 is 15.2 Å². The van der Waals surface area contributed by atoms with Gasteiger partial charge in [-0.25, -0.2) is 4.98 Å². The van der Waals surface area contributed by atoms with E-state index in [-0.39, 0.29) is 11.9 Å². The van der Waals surface area contributed by atoms with Crippen LogP contribution in [0.4, 0.5) is 5.95 Å². The van der Waals surface area contributed by atoms with E-state index in [1.165, 1.54) is 0 Å². The molecule has 0 aliphatic carbocycles. The van der Waals surface area contributed by atoms with Crippen LogP contribution in [0.15, 0.2) is 41.1 Å². The molecule has 1 amide bonds. The van der Waals surface area contributed by atoms with Gasteiger partial charge >= 0.3 is 0 Å². The molecule has 3 rings (SSSR count). The van der Waals surface area contributed by atoms with Gasteiger partial charge in [0, 0.05) is 42.0 Å². The number of amides is 1. The molecule has 0 radical (unpaired) electrons. The predicted molar refractivity (Wildman–Crippen MR) is 89.0 cm³/mol. The summed E-state index contributed by atoms with van der Waals surface area (Å²) < 4.78 is 2.63. The smallest absolute Gasteiger partial charge is 0.254 e. The van der Waals surface area contributed by atoms with E-state index in [0.29, 0.717) is 5.56 Å². The number of nitrogens with two attached hydrogens (primary N) is 1. The number of hydrogen-bond acceptors (Lipinski definition) is 4. The van der Waals surface area contributed by atoms with Gasteiger partial charge in [-0.3, -0.25) is 4.79 Å². The molecule has 1 aromatic carbocycles. The maximum absolute atomic E-state index is 12.1. The Hall–Kier alpha value is -2.41. The summed E-state index contributed by atoms with van der Waals surface area (Å²) in [6.45, 7) is 0. The Kier molecular flexibility index (Phi) is 3.58. The van der Waals surface area contributed by atoms with Gasteiger partial charge in [0.2, 0.25) is 5.95 Å². The fraction of sp³-hybridized carbons (Fsp3) is 0.133. The summed E-state index contributed by atoms with van der Waals surface area (Å²) in [5.74, 6) is 0.174. The lowest BCUT2D eigenvalue weighted by Crippen LogP contribution is -2.22. The molecule has 0 saturated heterocycles. The van der Waals surface area contributed by atoms with Crippen LogP contribution in [0.25, 0.3) is 16.7 Å². The van der Waals surface area contributed by atoms with Crippen molar-refractivity contribution in [2.75, 3.05) is 19.8 Å². The highest BCUT2D eigenvalue weighted by Crippen LogP contribution is 2.25. The second-order valence-corrected chi connectivity index (χ2v) is 5.91. The maximum Gasteiger partial charge on any atom is 0.254 e. The minimum absolute atomic E-state index is 0.0534. The molecule has 6 nitrogen and oxygen atoms in total. The van der Waals surface area contributed by atoms with Crippen LogP contribution in [0.2, 0.25) is 0 Å². The normalized spacial score (nSPS) is 10.9. The first kappa shape index (κ1) is 14.5. The SMILES string of the molecule is CN(C)C(=O)c1ccc(-n2ccc3cnc(N)nc32)cc1Br. The van der Waals surface area contributed by atoms with Gasteiger partial charge in [0.15, 0.2) is 0 Å². The van der Waals surface area contributed by atoms with E-state index in [1.54, 1.807) is 31.3 Å². The second kappa shape index (κ2) is 5.42. The van der Waals surface area contributed by atoms with Crippen molar-refractivity contribution in [3.63, 3.8) is 0 Å². The van der Waals surface area contributed by atoms with Crippen molar-refractivity contribution in [3.8, 4) is 5.69 Å². The Balaban J connectivity index is 2.10. The van der Waals surface area contributed by atoms with E-state index in [4.69, 9.17) is 5.73 Å². The maximum atomic E-state index is 12.1. The Morgan fingerprint density at radius 3 is 2.77 bits per heavy atom. The number of nitrogens with zero attached hydrogens (tertiary/aromatic N) is 4. The Labute approximate surface area is 135 Å². The van der Waals surface area contributed by atoms with Crippen LogP contribution in [0.1, 0.15) is 10.4 Å². The van der Waals surface area contributed by atoms with E-state index in [9.17, 15) is 4.79 Å². The van der Waals surface area contributed by atoms with Crippen LogP contribution >= 0.6 is 15.9 Å². The van der Waals surface area contributed by atoms with Crippen LogP contribution in [0, 0.1) is 0 Å². The summed E-state index contributed by atoms with van der Waals surface area (Å²) in [6, 6.07) is 7.47.